The number of aryl methyl sites for hydroxylation is 1. The summed E-state index contributed by atoms with van der Waals surface area (Å²) in [7, 11) is 0. The average molecular weight is 470 g/mol. The number of ether oxygens (including phenoxy) is 1. The summed E-state index contributed by atoms with van der Waals surface area (Å²) < 4.78 is 8.19. The van der Waals surface area contributed by atoms with Gasteiger partial charge in [-0.05, 0) is 61.1 Å². The van der Waals surface area contributed by atoms with Crippen LogP contribution in [0, 0.1) is 0 Å². The lowest BCUT2D eigenvalue weighted by atomic mass is 10.0. The highest BCUT2D eigenvalue weighted by atomic mass is 16.5. The van der Waals surface area contributed by atoms with Crippen LogP contribution in [0.4, 0.5) is 0 Å². The van der Waals surface area contributed by atoms with Crippen molar-refractivity contribution in [2.24, 2.45) is 0 Å². The van der Waals surface area contributed by atoms with Gasteiger partial charge in [-0.2, -0.15) is 0 Å². The topological polar surface area (TPSA) is 56.1 Å². The van der Waals surface area contributed by atoms with E-state index in [1.165, 1.54) is 5.56 Å². The molecular weight excluding hydrogens is 434 g/mol. The van der Waals surface area contributed by atoms with E-state index in [0.29, 0.717) is 18.9 Å². The van der Waals surface area contributed by atoms with E-state index in [2.05, 4.69) is 54.1 Å². The molecule has 1 aromatic heterocycles. The Morgan fingerprint density at radius 2 is 1.63 bits per heavy atom. The number of amides is 1. The molecule has 3 aromatic carbocycles. The van der Waals surface area contributed by atoms with Crippen molar-refractivity contribution < 1.29 is 9.53 Å². The van der Waals surface area contributed by atoms with Crippen LogP contribution in [0.5, 0.6) is 5.75 Å². The quantitative estimate of drug-likeness (QED) is 0.257. The lowest BCUT2D eigenvalue weighted by molar-refractivity contribution is -0.121. The number of carbonyl (C=O) groups excluding carboxylic acids is 1. The maximum atomic E-state index is 12.7. The molecule has 0 fully saturated rings. The second-order valence-corrected chi connectivity index (χ2v) is 9.34. The van der Waals surface area contributed by atoms with Gasteiger partial charge in [-0.1, -0.05) is 68.4 Å². The summed E-state index contributed by atoms with van der Waals surface area (Å²) in [4.78, 5) is 17.5. The van der Waals surface area contributed by atoms with Gasteiger partial charge in [0.25, 0.3) is 0 Å². The largest absolute Gasteiger partial charge is 0.494 e. The highest BCUT2D eigenvalue weighted by Gasteiger charge is 2.18. The van der Waals surface area contributed by atoms with E-state index in [-0.39, 0.29) is 11.9 Å². The van der Waals surface area contributed by atoms with Crippen LogP contribution in [0.15, 0.2) is 78.9 Å². The molecule has 0 saturated heterocycles. The van der Waals surface area contributed by atoms with Crippen LogP contribution in [-0.2, 0) is 17.8 Å². The zero-order valence-corrected chi connectivity index (χ0v) is 20.9. The number of unbranched alkanes of at least 4 members (excludes halogenated alkanes) is 1. The maximum absolute atomic E-state index is 12.7. The number of benzene rings is 3. The van der Waals surface area contributed by atoms with Crippen molar-refractivity contribution in [2.45, 2.75) is 58.5 Å². The third kappa shape index (κ3) is 6.50. The first kappa shape index (κ1) is 24.5. The van der Waals surface area contributed by atoms with E-state index < -0.39 is 0 Å². The van der Waals surface area contributed by atoms with Crippen molar-refractivity contribution in [3.05, 3.63) is 95.8 Å². The van der Waals surface area contributed by atoms with Gasteiger partial charge in [-0.15, -0.1) is 0 Å². The fraction of sp³-hybridized carbons (Fsp3) is 0.333. The number of hydrogen-bond donors (Lipinski definition) is 1. The second-order valence-electron chi connectivity index (χ2n) is 9.34. The Labute approximate surface area is 208 Å². The van der Waals surface area contributed by atoms with Gasteiger partial charge in [0.1, 0.15) is 11.6 Å². The molecule has 1 N–H and O–H groups in total. The van der Waals surface area contributed by atoms with E-state index in [1.807, 2.05) is 55.5 Å². The summed E-state index contributed by atoms with van der Waals surface area (Å²) in [6, 6.07) is 26.2. The van der Waals surface area contributed by atoms with E-state index in [0.717, 1.165) is 47.6 Å². The Balaban J connectivity index is 1.35. The van der Waals surface area contributed by atoms with Crippen LogP contribution < -0.4 is 10.1 Å². The van der Waals surface area contributed by atoms with Gasteiger partial charge in [-0.3, -0.25) is 4.79 Å². The van der Waals surface area contributed by atoms with Gasteiger partial charge in [0.2, 0.25) is 5.91 Å². The first-order chi connectivity index (χ1) is 17.0. The third-order valence-electron chi connectivity index (χ3n) is 6.25. The highest BCUT2D eigenvalue weighted by molar-refractivity contribution is 5.79. The lowest BCUT2D eigenvalue weighted by Crippen LogP contribution is -2.30. The molecule has 1 heterocycles. The van der Waals surface area contributed by atoms with Crippen molar-refractivity contribution in [2.75, 3.05) is 6.61 Å². The standard InChI is InChI=1S/C30H35N3O2/c1-22(2)25-15-17-26(18-16-25)35-20-10-9-19-33-28-14-8-7-13-27(28)32-30(33)23(3)31-29(34)21-24-11-5-4-6-12-24/h4-8,11-18,22-23H,9-10,19-21H2,1-3H3,(H,31,34). The average Bonchev–Trinajstić information content (AvgIpc) is 3.23. The Kier molecular flexibility index (Phi) is 8.19. The van der Waals surface area contributed by atoms with Crippen molar-refractivity contribution in [3.8, 4) is 5.75 Å². The molecule has 5 heteroatoms. The summed E-state index contributed by atoms with van der Waals surface area (Å²) in [5, 5.41) is 3.13. The van der Waals surface area contributed by atoms with E-state index in [9.17, 15) is 4.79 Å². The smallest absolute Gasteiger partial charge is 0.224 e. The number of nitrogens with zero attached hydrogens (tertiary/aromatic N) is 2. The molecule has 0 spiro atoms. The summed E-state index contributed by atoms with van der Waals surface area (Å²) >= 11 is 0. The minimum atomic E-state index is -0.186. The van der Waals surface area contributed by atoms with Gasteiger partial charge >= 0.3 is 0 Å². The molecule has 0 bridgehead atoms. The summed E-state index contributed by atoms with van der Waals surface area (Å²) in [6.07, 6.45) is 2.26. The Bertz CT molecular complexity index is 1230. The molecule has 0 saturated carbocycles. The second kappa shape index (κ2) is 11.7. The van der Waals surface area contributed by atoms with Crippen molar-refractivity contribution in [1.29, 1.82) is 0 Å². The molecule has 35 heavy (non-hydrogen) atoms. The molecule has 182 valence electrons. The predicted octanol–water partition coefficient (Wildman–Crippen LogP) is 6.44. The molecular formula is C30H35N3O2. The van der Waals surface area contributed by atoms with Crippen molar-refractivity contribution in [3.63, 3.8) is 0 Å². The number of aromatic nitrogens is 2. The maximum Gasteiger partial charge on any atom is 0.224 e. The molecule has 1 unspecified atom stereocenters. The zero-order chi connectivity index (χ0) is 24.6. The Morgan fingerprint density at radius 1 is 0.914 bits per heavy atom. The molecule has 0 aliphatic carbocycles. The minimum Gasteiger partial charge on any atom is -0.494 e. The normalized spacial score (nSPS) is 12.1. The number of nitrogens with one attached hydrogen (secondary N) is 1. The molecule has 5 nitrogen and oxygen atoms in total. The summed E-state index contributed by atoms with van der Waals surface area (Å²) in [5.41, 5.74) is 4.37. The highest BCUT2D eigenvalue weighted by Crippen LogP contribution is 2.22. The number of rotatable bonds is 11. The van der Waals surface area contributed by atoms with Gasteiger partial charge in [0.15, 0.2) is 0 Å². The van der Waals surface area contributed by atoms with Crippen LogP contribution in [0.2, 0.25) is 0 Å². The molecule has 0 aliphatic rings. The number of fused-ring (bicyclic) bond motifs is 1. The van der Waals surface area contributed by atoms with Crippen LogP contribution in [0.3, 0.4) is 0 Å². The lowest BCUT2D eigenvalue weighted by Gasteiger charge is -2.17. The SMILES string of the molecule is CC(C)c1ccc(OCCCCn2c(C(C)NC(=O)Cc3ccccc3)nc3ccccc32)cc1. The van der Waals surface area contributed by atoms with E-state index >= 15 is 0 Å². The van der Waals surface area contributed by atoms with Gasteiger partial charge < -0.3 is 14.6 Å². The van der Waals surface area contributed by atoms with Crippen LogP contribution in [-0.4, -0.2) is 22.1 Å². The van der Waals surface area contributed by atoms with Crippen LogP contribution in [0.1, 0.15) is 62.5 Å². The number of para-hydroxylation sites is 2. The zero-order valence-electron chi connectivity index (χ0n) is 20.9. The van der Waals surface area contributed by atoms with Crippen LogP contribution >= 0.6 is 0 Å². The first-order valence-corrected chi connectivity index (χ1v) is 12.5. The molecule has 1 amide bonds. The molecule has 4 rings (SSSR count). The first-order valence-electron chi connectivity index (χ1n) is 12.5. The van der Waals surface area contributed by atoms with E-state index in [1.54, 1.807) is 0 Å². The third-order valence-corrected chi connectivity index (χ3v) is 6.25. The molecule has 4 aromatic rings. The fourth-order valence-corrected chi connectivity index (χ4v) is 4.31. The van der Waals surface area contributed by atoms with Gasteiger partial charge in [-0.25, -0.2) is 4.98 Å². The van der Waals surface area contributed by atoms with Gasteiger partial charge in [0.05, 0.1) is 30.1 Å². The number of imidazole rings is 1. The number of carbonyl (C=O) groups is 1. The minimum absolute atomic E-state index is 0.000749. The Hall–Kier alpha value is -3.60. The van der Waals surface area contributed by atoms with Crippen molar-refractivity contribution in [1.82, 2.24) is 14.9 Å². The predicted molar refractivity (Wildman–Crippen MR) is 142 cm³/mol. The van der Waals surface area contributed by atoms with Crippen LogP contribution in [0.25, 0.3) is 11.0 Å². The van der Waals surface area contributed by atoms with Crippen molar-refractivity contribution >= 4 is 16.9 Å². The summed E-state index contributed by atoms with van der Waals surface area (Å²) in [6.45, 7) is 7.89. The molecule has 1 atom stereocenters. The molecule has 0 aliphatic heterocycles. The fourth-order valence-electron chi connectivity index (χ4n) is 4.31. The van der Waals surface area contributed by atoms with E-state index in [4.69, 9.17) is 9.72 Å². The van der Waals surface area contributed by atoms with Gasteiger partial charge in [0, 0.05) is 6.54 Å². The molecule has 0 radical (unpaired) electrons. The monoisotopic (exact) mass is 469 g/mol. The Morgan fingerprint density at radius 3 is 2.37 bits per heavy atom. The number of hydrogen-bond acceptors (Lipinski definition) is 3. The summed E-state index contributed by atoms with van der Waals surface area (Å²) in [5.74, 6) is 2.32.